The summed E-state index contributed by atoms with van der Waals surface area (Å²) in [5.41, 5.74) is -0.506. The normalized spacial score (nSPS) is 14.8. The molecule has 0 saturated heterocycles. The van der Waals surface area contributed by atoms with Crippen molar-refractivity contribution in [2.75, 3.05) is 31.9 Å². The fourth-order valence-corrected chi connectivity index (χ4v) is 2.24. The summed E-state index contributed by atoms with van der Waals surface area (Å²) in [6.45, 7) is 9.23. The summed E-state index contributed by atoms with van der Waals surface area (Å²) in [7, 11) is 0. The van der Waals surface area contributed by atoms with Crippen LogP contribution in [0.15, 0.2) is 0 Å². The van der Waals surface area contributed by atoms with Gasteiger partial charge in [-0.05, 0) is 52.8 Å². The van der Waals surface area contributed by atoms with Crippen LogP contribution in [0.5, 0.6) is 0 Å². The first-order valence-corrected chi connectivity index (χ1v) is 8.93. The molecule has 0 spiro atoms. The number of carbonyl (C=O) groups excluding carboxylic acids is 1. The van der Waals surface area contributed by atoms with E-state index in [4.69, 9.17) is 9.84 Å². The van der Waals surface area contributed by atoms with Gasteiger partial charge in [-0.2, -0.15) is 0 Å². The Morgan fingerprint density at radius 2 is 1.95 bits per heavy atom. The third kappa shape index (κ3) is 10.1. The number of carbonyl (C=O) groups is 1. The van der Waals surface area contributed by atoms with Gasteiger partial charge in [0.05, 0.1) is 5.60 Å². The molecule has 0 aliphatic carbocycles. The predicted octanol–water partition coefficient (Wildman–Crippen LogP) is 1.75. The van der Waals surface area contributed by atoms with Crippen LogP contribution in [0.2, 0.25) is 0 Å². The summed E-state index contributed by atoms with van der Waals surface area (Å²) < 4.78 is 5.96. The van der Waals surface area contributed by atoms with E-state index in [2.05, 4.69) is 30.7 Å². The summed E-state index contributed by atoms with van der Waals surface area (Å²) in [5, 5.41) is 15.0. The molecule has 0 aromatic carbocycles. The number of amides is 1. The maximum atomic E-state index is 11.3. The van der Waals surface area contributed by atoms with Crippen LogP contribution in [0.25, 0.3) is 0 Å². The van der Waals surface area contributed by atoms with E-state index >= 15 is 0 Å². The molecule has 3 N–H and O–H groups in total. The van der Waals surface area contributed by atoms with Crippen LogP contribution in [-0.2, 0) is 9.53 Å². The SMILES string of the molecule is CCC(C)(CCOC(C)(C)CCNCSC)NC(=O)CO. The highest BCUT2D eigenvalue weighted by Crippen LogP contribution is 2.19. The van der Waals surface area contributed by atoms with Gasteiger partial charge in [0.25, 0.3) is 0 Å². The van der Waals surface area contributed by atoms with E-state index in [9.17, 15) is 4.79 Å². The Morgan fingerprint density at radius 1 is 1.29 bits per heavy atom. The van der Waals surface area contributed by atoms with Gasteiger partial charge in [-0.1, -0.05) is 6.92 Å². The van der Waals surface area contributed by atoms with Gasteiger partial charge in [0.2, 0.25) is 5.91 Å². The lowest BCUT2D eigenvalue weighted by Crippen LogP contribution is -2.47. The Kier molecular flexibility index (Phi) is 10.3. The Morgan fingerprint density at radius 3 is 2.48 bits per heavy atom. The number of ether oxygens (including phenoxy) is 1. The van der Waals surface area contributed by atoms with Crippen LogP contribution in [0, 0.1) is 0 Å². The number of nitrogens with one attached hydrogen (secondary N) is 2. The van der Waals surface area contributed by atoms with Gasteiger partial charge in [0.15, 0.2) is 0 Å². The van der Waals surface area contributed by atoms with E-state index in [-0.39, 0.29) is 17.0 Å². The van der Waals surface area contributed by atoms with Crippen LogP contribution >= 0.6 is 11.8 Å². The van der Waals surface area contributed by atoms with Crippen molar-refractivity contribution in [3.8, 4) is 0 Å². The average molecular weight is 320 g/mol. The maximum absolute atomic E-state index is 11.3. The van der Waals surface area contributed by atoms with Gasteiger partial charge in [0, 0.05) is 18.0 Å². The summed E-state index contributed by atoms with van der Waals surface area (Å²) in [6.07, 6.45) is 4.55. The maximum Gasteiger partial charge on any atom is 0.246 e. The molecular weight excluding hydrogens is 288 g/mol. The number of aliphatic hydroxyl groups is 1. The quantitative estimate of drug-likeness (QED) is 0.377. The molecule has 21 heavy (non-hydrogen) atoms. The Balaban J connectivity index is 4.09. The first kappa shape index (κ1) is 20.7. The van der Waals surface area contributed by atoms with Gasteiger partial charge in [0.1, 0.15) is 6.61 Å². The minimum Gasteiger partial charge on any atom is -0.387 e. The fourth-order valence-electron chi connectivity index (χ4n) is 1.89. The molecular formula is C15H32N2O3S. The van der Waals surface area contributed by atoms with Crippen LogP contribution < -0.4 is 10.6 Å². The lowest BCUT2D eigenvalue weighted by atomic mass is 9.94. The van der Waals surface area contributed by atoms with Gasteiger partial charge in [-0.15, -0.1) is 11.8 Å². The minimum absolute atomic E-state index is 0.180. The second-order valence-corrected chi connectivity index (χ2v) is 7.03. The number of thioether (sulfide) groups is 1. The van der Waals surface area contributed by atoms with E-state index in [1.165, 1.54) is 0 Å². The van der Waals surface area contributed by atoms with E-state index < -0.39 is 6.61 Å². The first-order valence-electron chi connectivity index (χ1n) is 7.54. The smallest absolute Gasteiger partial charge is 0.246 e. The molecule has 0 aromatic rings. The van der Waals surface area contributed by atoms with Gasteiger partial charge in [-0.3, -0.25) is 4.79 Å². The summed E-state index contributed by atoms with van der Waals surface area (Å²) >= 11 is 1.77. The summed E-state index contributed by atoms with van der Waals surface area (Å²) in [4.78, 5) is 11.3. The van der Waals surface area contributed by atoms with Crippen molar-refractivity contribution in [1.29, 1.82) is 0 Å². The lowest BCUT2D eigenvalue weighted by molar-refractivity contribution is -0.126. The molecule has 0 aromatic heterocycles. The summed E-state index contributed by atoms with van der Waals surface area (Å²) in [5.74, 6) is 0.622. The molecule has 0 heterocycles. The highest BCUT2D eigenvalue weighted by atomic mass is 32.2. The number of hydrogen-bond donors (Lipinski definition) is 3. The lowest BCUT2D eigenvalue weighted by Gasteiger charge is -2.32. The van der Waals surface area contributed by atoms with E-state index in [1.54, 1.807) is 11.8 Å². The molecule has 1 amide bonds. The highest BCUT2D eigenvalue weighted by molar-refractivity contribution is 7.98. The molecule has 0 saturated carbocycles. The monoisotopic (exact) mass is 320 g/mol. The van der Waals surface area contributed by atoms with Crippen LogP contribution in [0.1, 0.15) is 47.0 Å². The van der Waals surface area contributed by atoms with Crippen molar-refractivity contribution in [2.24, 2.45) is 0 Å². The molecule has 0 aliphatic rings. The van der Waals surface area contributed by atoms with E-state index in [0.717, 1.165) is 31.7 Å². The van der Waals surface area contributed by atoms with Crippen LogP contribution in [0.4, 0.5) is 0 Å². The molecule has 0 radical (unpaired) electrons. The van der Waals surface area contributed by atoms with E-state index in [1.807, 2.05) is 13.8 Å². The summed E-state index contributed by atoms with van der Waals surface area (Å²) in [6, 6.07) is 0. The van der Waals surface area contributed by atoms with Crippen LogP contribution in [0.3, 0.4) is 0 Å². The average Bonchev–Trinajstić information content (AvgIpc) is 2.43. The number of hydrogen-bond acceptors (Lipinski definition) is 5. The topological polar surface area (TPSA) is 70.6 Å². The second-order valence-electron chi connectivity index (χ2n) is 6.16. The number of rotatable bonds is 12. The number of aliphatic hydroxyl groups excluding tert-OH is 1. The van der Waals surface area contributed by atoms with Crippen molar-refractivity contribution in [3.05, 3.63) is 0 Å². The zero-order valence-corrected chi connectivity index (χ0v) is 14.9. The molecule has 0 fully saturated rings. The molecule has 1 unspecified atom stereocenters. The van der Waals surface area contributed by atoms with E-state index in [0.29, 0.717) is 6.61 Å². The van der Waals surface area contributed by atoms with Gasteiger partial charge >= 0.3 is 0 Å². The van der Waals surface area contributed by atoms with Gasteiger partial charge in [-0.25, -0.2) is 0 Å². The molecule has 0 bridgehead atoms. The molecule has 0 rings (SSSR count). The van der Waals surface area contributed by atoms with Gasteiger partial charge < -0.3 is 20.5 Å². The fraction of sp³-hybridized carbons (Fsp3) is 0.933. The Hall–Kier alpha value is -0.300. The third-order valence-corrected chi connectivity index (χ3v) is 4.15. The molecule has 1 atom stereocenters. The largest absolute Gasteiger partial charge is 0.387 e. The standard InChI is InChI=1S/C15H32N2O3S/c1-6-15(4,17-13(19)11-18)8-10-20-14(2,3)7-9-16-12-21-5/h16,18H,6-12H2,1-5H3,(H,17,19). The van der Waals surface area contributed by atoms with Crippen molar-refractivity contribution < 1.29 is 14.6 Å². The first-order chi connectivity index (χ1) is 9.78. The van der Waals surface area contributed by atoms with Crippen molar-refractivity contribution in [3.63, 3.8) is 0 Å². The second kappa shape index (κ2) is 10.4. The van der Waals surface area contributed by atoms with Crippen molar-refractivity contribution >= 4 is 17.7 Å². The Labute approximate surface area is 133 Å². The minimum atomic E-state index is -0.469. The molecule has 0 aliphatic heterocycles. The highest BCUT2D eigenvalue weighted by Gasteiger charge is 2.25. The van der Waals surface area contributed by atoms with Crippen molar-refractivity contribution in [2.45, 2.75) is 58.1 Å². The van der Waals surface area contributed by atoms with Crippen LogP contribution in [-0.4, -0.2) is 54.0 Å². The predicted molar refractivity (Wildman–Crippen MR) is 89.6 cm³/mol. The van der Waals surface area contributed by atoms with Crippen molar-refractivity contribution in [1.82, 2.24) is 10.6 Å². The molecule has 126 valence electrons. The zero-order chi connectivity index (χ0) is 16.4. The molecule has 5 nitrogen and oxygen atoms in total. The zero-order valence-electron chi connectivity index (χ0n) is 14.1. The third-order valence-electron chi connectivity index (χ3n) is 3.66. The molecule has 6 heteroatoms. The Bertz CT molecular complexity index is 301.